The van der Waals surface area contributed by atoms with Crippen molar-refractivity contribution in [1.29, 1.82) is 0 Å². The molecule has 26 heteroatoms. The molecule has 8 aromatic rings. The molecule has 0 bridgehead atoms. The van der Waals surface area contributed by atoms with Gasteiger partial charge in [-0.2, -0.15) is 30.7 Å². The molecule has 0 saturated heterocycles. The first kappa shape index (κ1) is 60.0. The van der Waals surface area contributed by atoms with Crippen molar-refractivity contribution in [3.05, 3.63) is 167 Å². The minimum Gasteiger partial charge on any atom is -0.872 e. The van der Waals surface area contributed by atoms with Crippen LogP contribution in [0.4, 0.5) is 45.5 Å². The van der Waals surface area contributed by atoms with E-state index >= 15 is 0 Å². The maximum atomic E-state index is 12.5. The molecule has 0 amide bonds. The van der Waals surface area contributed by atoms with E-state index in [9.17, 15) is 56.5 Å². The summed E-state index contributed by atoms with van der Waals surface area (Å²) in [5.41, 5.74) is 1.20. The fourth-order valence-electron chi connectivity index (χ4n) is 6.11. The van der Waals surface area contributed by atoms with Crippen LogP contribution < -0.4 is 109 Å². The van der Waals surface area contributed by atoms with Gasteiger partial charge in [-0.15, -0.1) is 0 Å². The number of benzene rings is 8. The van der Waals surface area contributed by atoms with Gasteiger partial charge in [0.05, 0.1) is 54.5 Å². The predicted molar refractivity (Wildman–Crippen MR) is 234 cm³/mol. The molecule has 1 radical (unpaired) electrons. The number of non-ortho nitro benzene ring substituents is 1. The molecule has 71 heavy (non-hydrogen) atoms. The van der Waals surface area contributed by atoms with E-state index in [2.05, 4.69) is 35.7 Å². The second kappa shape index (κ2) is 26.4. The third-order valence-corrected chi connectivity index (χ3v) is 11.0. The van der Waals surface area contributed by atoms with E-state index in [1.54, 1.807) is 54.6 Å². The molecule has 0 aromatic heterocycles. The van der Waals surface area contributed by atoms with E-state index in [0.29, 0.717) is 33.9 Å². The van der Waals surface area contributed by atoms with E-state index in [0.717, 1.165) is 48.3 Å². The van der Waals surface area contributed by atoms with Crippen LogP contribution in [0.15, 0.2) is 197 Å². The Morgan fingerprint density at radius 3 is 1.61 bits per heavy atom. The van der Waals surface area contributed by atoms with Gasteiger partial charge < -0.3 is 29.5 Å². The number of rotatable bonds is 11. The standard InChI is InChI=1S/C25H19N5O5S.C20H13N3O7S.Cr.3Na/c31-24-12-10-21(14-17(24)16-26-23-15-22(36(33,34)35)11-13-25(23)32)30-29-20-8-6-19(7-9-20)28-27-18-4-2-1-3-5-18;24-16-8-5-11-3-1-2-4-13(11)19(16)21-22-20-14-7-6-12(23(26)27)9-15(14)18(10-17(20)25)31(28,29)30;;;;/h1-16,31-32H,(H,33,34,35);1-10,24-25H,(H,28,29,30);;;;/q;;+3;3*+1/p-6. The summed E-state index contributed by atoms with van der Waals surface area (Å²) in [4.78, 5) is 12.7. The first-order valence-electron chi connectivity index (χ1n) is 19.0. The fraction of sp³-hybridized carbons (Fsp3) is 0. The topological polar surface area (TPSA) is 336 Å². The van der Waals surface area contributed by atoms with Gasteiger partial charge in [0.2, 0.25) is 0 Å². The first-order valence-corrected chi connectivity index (χ1v) is 21.9. The Morgan fingerprint density at radius 2 is 1.00 bits per heavy atom. The molecule has 0 atom stereocenters. The van der Waals surface area contributed by atoms with Gasteiger partial charge >= 0.3 is 106 Å². The maximum absolute atomic E-state index is 12.5. The molecule has 0 unspecified atom stereocenters. The van der Waals surface area contributed by atoms with E-state index in [1.807, 2.05) is 30.3 Å². The second-order valence-electron chi connectivity index (χ2n) is 13.8. The van der Waals surface area contributed by atoms with Gasteiger partial charge in [-0.25, -0.2) is 16.8 Å². The van der Waals surface area contributed by atoms with Crippen LogP contribution in [0.25, 0.3) is 21.5 Å². The van der Waals surface area contributed by atoms with Gasteiger partial charge in [-0.1, -0.05) is 89.7 Å². The maximum Gasteiger partial charge on any atom is 3.00 e. The Morgan fingerprint density at radius 1 is 0.465 bits per heavy atom. The summed E-state index contributed by atoms with van der Waals surface area (Å²) < 4.78 is 68.3. The van der Waals surface area contributed by atoms with Crippen LogP contribution in [-0.4, -0.2) is 37.1 Å². The molecule has 0 spiro atoms. The van der Waals surface area contributed by atoms with Gasteiger partial charge in [-0.3, -0.25) is 15.1 Å². The zero-order valence-corrected chi connectivity index (χ0v) is 46.1. The van der Waals surface area contributed by atoms with E-state index in [4.69, 9.17) is 0 Å². The number of fused-ring (bicyclic) bond motifs is 2. The van der Waals surface area contributed by atoms with Crippen LogP contribution in [0.1, 0.15) is 5.56 Å². The molecule has 8 rings (SSSR count). The second-order valence-corrected chi connectivity index (χ2v) is 16.5. The zero-order chi connectivity index (χ0) is 47.9. The Bertz CT molecular complexity index is 3580. The monoisotopic (exact) mass is 1060 g/mol. The smallest absolute Gasteiger partial charge is 0.872 e. The molecule has 0 aliphatic heterocycles. The largest absolute Gasteiger partial charge is 3.00 e. The van der Waals surface area contributed by atoms with Crippen LogP contribution in [0.3, 0.4) is 0 Å². The fourth-order valence-corrected chi connectivity index (χ4v) is 7.29. The van der Waals surface area contributed by atoms with Crippen molar-refractivity contribution in [3.63, 3.8) is 0 Å². The van der Waals surface area contributed by atoms with E-state index in [-0.39, 0.29) is 139 Å². The first-order chi connectivity index (χ1) is 31.9. The van der Waals surface area contributed by atoms with Gasteiger partial charge in [0, 0.05) is 34.5 Å². The molecule has 0 N–H and O–H groups in total. The zero-order valence-electron chi connectivity index (χ0n) is 37.2. The summed E-state index contributed by atoms with van der Waals surface area (Å²) in [6, 6.07) is 36.4. The average Bonchev–Trinajstić information content (AvgIpc) is 3.30. The minimum atomic E-state index is -5.11. The van der Waals surface area contributed by atoms with Crippen LogP contribution in [0.5, 0.6) is 23.0 Å². The number of aliphatic imine (C=N–C) groups is 1. The Labute approximate surface area is 481 Å². The average molecular weight is 1060 g/mol. The third kappa shape index (κ3) is 15.6. The van der Waals surface area contributed by atoms with E-state index in [1.165, 1.54) is 24.3 Å². The van der Waals surface area contributed by atoms with Crippen molar-refractivity contribution < 1.29 is 157 Å². The summed E-state index contributed by atoms with van der Waals surface area (Å²) in [5.74, 6) is -2.39. The van der Waals surface area contributed by atoms with Gasteiger partial charge in [0.1, 0.15) is 20.2 Å². The normalized spacial score (nSPS) is 11.4. The molecule has 0 aliphatic carbocycles. The van der Waals surface area contributed by atoms with Crippen molar-refractivity contribution in [2.75, 3.05) is 0 Å². The summed E-state index contributed by atoms with van der Waals surface area (Å²) in [6.45, 7) is 0. The van der Waals surface area contributed by atoms with Crippen molar-refractivity contribution in [2.45, 2.75) is 9.79 Å². The van der Waals surface area contributed by atoms with Gasteiger partial charge in [0.25, 0.3) is 5.69 Å². The van der Waals surface area contributed by atoms with E-state index < -0.39 is 63.6 Å². The number of hydrogen-bond acceptors (Lipinski definition) is 19. The quantitative estimate of drug-likeness (QED) is 0.0403. The van der Waals surface area contributed by atoms with Gasteiger partial charge in [0.15, 0.2) is 0 Å². The van der Waals surface area contributed by atoms with Crippen LogP contribution in [-0.2, 0) is 37.6 Å². The van der Waals surface area contributed by atoms with Crippen molar-refractivity contribution in [3.8, 4) is 23.0 Å². The molecule has 8 aromatic carbocycles. The minimum absolute atomic E-state index is 0. The molecule has 0 fully saturated rings. The SMILES string of the molecule is O=S(=O)([O-])c1ccc([O-])c(N=Cc2cc(N=Nc3ccc(N=Nc4ccccc4)cc3)ccc2[O-])c1.O=[N+]([O-])c1ccc2c(N=Nc3c([O-])ccc4ccccc34)c([O-])cc(S(=O)(=O)[O-])c2c1.[Cr+3].[Na+].[Na+].[Na+]. The molecular weight excluding hydrogens is 1030 g/mol. The summed E-state index contributed by atoms with van der Waals surface area (Å²) in [6.07, 6.45) is 1.10. The predicted octanol–water partition coefficient (Wildman–Crippen LogP) is -0.303. The number of hydrogen-bond donors (Lipinski definition) is 0. The number of nitro groups is 1. The van der Waals surface area contributed by atoms with Crippen molar-refractivity contribution in [2.24, 2.45) is 35.7 Å². The third-order valence-electron chi connectivity index (χ3n) is 9.34. The van der Waals surface area contributed by atoms with Crippen LogP contribution in [0.2, 0.25) is 0 Å². The molecule has 20 nitrogen and oxygen atoms in total. The molecule has 0 aliphatic rings. The van der Waals surface area contributed by atoms with Crippen LogP contribution >= 0.6 is 0 Å². The number of nitro benzene ring substituents is 1. The molecule has 0 heterocycles. The Kier molecular flexibility index (Phi) is 22.3. The molecule has 339 valence electrons. The summed E-state index contributed by atoms with van der Waals surface area (Å²) in [5, 5.41) is 85.0. The number of nitrogens with zero attached hydrogens (tertiary/aromatic N) is 8. The summed E-state index contributed by atoms with van der Waals surface area (Å²) >= 11 is 0. The Hall–Kier alpha value is -5.30. The summed E-state index contributed by atoms with van der Waals surface area (Å²) in [7, 11) is -9.86. The van der Waals surface area contributed by atoms with Crippen LogP contribution in [0, 0.1) is 10.1 Å². The number of azo groups is 3. The van der Waals surface area contributed by atoms with Crippen molar-refractivity contribution in [1.82, 2.24) is 0 Å². The Balaban J connectivity index is 0.000000358. The van der Waals surface area contributed by atoms with Crippen molar-refractivity contribution >= 4 is 93.5 Å². The molecular formula is C45H26CrN8Na3O12S2. The van der Waals surface area contributed by atoms with Gasteiger partial charge in [-0.05, 0) is 83.7 Å². The molecule has 0 saturated carbocycles.